The topological polar surface area (TPSA) is 109 Å². The van der Waals surface area contributed by atoms with Crippen molar-refractivity contribution in [3.63, 3.8) is 0 Å². The van der Waals surface area contributed by atoms with Crippen molar-refractivity contribution in [2.45, 2.75) is 33.7 Å². The minimum Gasteiger partial charge on any atom is -0.350 e. The Balaban J connectivity index is 1.61. The monoisotopic (exact) mass is 417 g/mol. The molecule has 8 nitrogen and oxygen atoms in total. The molecule has 0 aliphatic heterocycles. The van der Waals surface area contributed by atoms with Crippen molar-refractivity contribution >= 4 is 33.5 Å². The average molecular weight is 417 g/mol. The number of aromatic nitrogens is 3. The van der Waals surface area contributed by atoms with Crippen molar-refractivity contribution in [1.29, 1.82) is 0 Å². The molecule has 2 heterocycles. The van der Waals surface area contributed by atoms with E-state index in [9.17, 15) is 14.4 Å². The van der Waals surface area contributed by atoms with Crippen LogP contribution in [0.3, 0.4) is 0 Å². The summed E-state index contributed by atoms with van der Waals surface area (Å²) in [5.74, 6) is -1.09. The van der Waals surface area contributed by atoms with Gasteiger partial charge in [-0.3, -0.25) is 25.2 Å². The molecule has 31 heavy (non-hydrogen) atoms. The number of nitrogens with one attached hydrogen (secondary N) is 3. The molecule has 0 aliphatic carbocycles. The van der Waals surface area contributed by atoms with Gasteiger partial charge in [0.2, 0.25) is 0 Å². The Morgan fingerprint density at radius 2 is 1.65 bits per heavy atom. The summed E-state index contributed by atoms with van der Waals surface area (Å²) in [7, 11) is 0. The molecule has 0 saturated carbocycles. The van der Waals surface area contributed by atoms with Gasteiger partial charge in [-0.25, -0.2) is 4.68 Å². The fourth-order valence-corrected chi connectivity index (χ4v) is 3.69. The molecule has 158 valence electrons. The van der Waals surface area contributed by atoms with Crippen molar-refractivity contribution < 1.29 is 9.59 Å². The molecular formula is C23H23N5O3. The van der Waals surface area contributed by atoms with Crippen LogP contribution < -0.4 is 16.4 Å². The zero-order valence-corrected chi connectivity index (χ0v) is 17.7. The lowest BCUT2D eigenvalue weighted by molar-refractivity contribution is 0.0841. The fourth-order valence-electron chi connectivity index (χ4n) is 3.69. The fraction of sp³-hybridized carbons (Fsp3) is 0.217. The number of carbonyl (C=O) groups excluding carboxylic acids is 2. The lowest BCUT2D eigenvalue weighted by Crippen LogP contribution is -2.43. The minimum atomic E-state index is -0.609. The lowest BCUT2D eigenvalue weighted by atomic mass is 10.1. The number of hydrogen-bond donors (Lipinski definition) is 3. The first-order valence-electron chi connectivity index (χ1n) is 9.98. The van der Waals surface area contributed by atoms with Gasteiger partial charge in [0.15, 0.2) is 5.69 Å². The van der Waals surface area contributed by atoms with Gasteiger partial charge >= 0.3 is 0 Å². The van der Waals surface area contributed by atoms with Crippen LogP contribution in [0.25, 0.3) is 21.7 Å². The largest absolute Gasteiger partial charge is 0.350 e. The van der Waals surface area contributed by atoms with E-state index in [4.69, 9.17) is 0 Å². The Bertz CT molecular complexity index is 1400. The van der Waals surface area contributed by atoms with Crippen molar-refractivity contribution in [3.8, 4) is 0 Å². The molecule has 2 aromatic carbocycles. The smallest absolute Gasteiger partial charge is 0.290 e. The second-order valence-corrected chi connectivity index (χ2v) is 7.87. The maximum atomic E-state index is 12.8. The van der Waals surface area contributed by atoms with Gasteiger partial charge in [0.05, 0.1) is 11.4 Å². The maximum absolute atomic E-state index is 12.8. The van der Waals surface area contributed by atoms with Gasteiger partial charge in [-0.05, 0) is 57.0 Å². The number of aromatic amines is 1. The lowest BCUT2D eigenvalue weighted by Gasteiger charge is -2.13. The Labute approximate surface area is 178 Å². The third-order valence-corrected chi connectivity index (χ3v) is 5.16. The minimum absolute atomic E-state index is 0.0623. The van der Waals surface area contributed by atoms with E-state index in [0.717, 1.165) is 22.0 Å². The molecule has 0 spiro atoms. The summed E-state index contributed by atoms with van der Waals surface area (Å²) < 4.78 is 1.27. The number of aryl methyl sites for hydroxylation is 2. The van der Waals surface area contributed by atoms with E-state index in [0.29, 0.717) is 16.5 Å². The molecule has 0 bridgehead atoms. The van der Waals surface area contributed by atoms with Crippen molar-refractivity contribution in [2.75, 3.05) is 0 Å². The number of benzene rings is 2. The normalized spacial score (nSPS) is 11.3. The number of amides is 2. The van der Waals surface area contributed by atoms with Crippen LogP contribution in [-0.2, 0) is 0 Å². The van der Waals surface area contributed by atoms with Crippen LogP contribution in [0.4, 0.5) is 0 Å². The van der Waals surface area contributed by atoms with Crippen LogP contribution in [0, 0.1) is 13.8 Å². The zero-order valence-electron chi connectivity index (χ0n) is 17.7. The number of H-pyrrole nitrogens is 1. The second kappa shape index (κ2) is 7.71. The van der Waals surface area contributed by atoms with Crippen molar-refractivity contribution in [2.24, 2.45) is 0 Å². The van der Waals surface area contributed by atoms with Gasteiger partial charge in [0, 0.05) is 16.3 Å². The predicted octanol–water partition coefficient (Wildman–Crippen LogP) is 3.15. The number of fused-ring (bicyclic) bond motifs is 2. The third kappa shape index (κ3) is 3.68. The first-order valence-corrected chi connectivity index (χ1v) is 9.98. The molecule has 0 atom stereocenters. The van der Waals surface area contributed by atoms with Crippen LogP contribution in [0.1, 0.15) is 52.0 Å². The van der Waals surface area contributed by atoms with E-state index in [1.807, 2.05) is 39.8 Å². The summed E-state index contributed by atoms with van der Waals surface area (Å²) in [5.41, 5.74) is 7.95. The molecule has 4 aromatic rings. The van der Waals surface area contributed by atoms with Gasteiger partial charge in [0.25, 0.3) is 17.4 Å². The Morgan fingerprint density at radius 3 is 2.35 bits per heavy atom. The van der Waals surface area contributed by atoms with E-state index >= 15 is 0 Å². The van der Waals surface area contributed by atoms with E-state index in [-0.39, 0.29) is 17.3 Å². The molecule has 4 rings (SSSR count). The van der Waals surface area contributed by atoms with Crippen LogP contribution in [0.15, 0.2) is 47.3 Å². The van der Waals surface area contributed by atoms with E-state index in [1.165, 1.54) is 4.68 Å². The summed E-state index contributed by atoms with van der Waals surface area (Å²) in [6.45, 7) is 7.59. The zero-order chi connectivity index (χ0) is 22.3. The van der Waals surface area contributed by atoms with E-state index < -0.39 is 11.8 Å². The summed E-state index contributed by atoms with van der Waals surface area (Å²) in [5, 5.41) is 6.00. The molecule has 3 N–H and O–H groups in total. The highest BCUT2D eigenvalue weighted by atomic mass is 16.2. The quantitative estimate of drug-likeness (QED) is 0.445. The van der Waals surface area contributed by atoms with Gasteiger partial charge in [-0.1, -0.05) is 24.3 Å². The standard InChI is InChI=1S/C23H23N5O3/c1-12(2)28-23(31)16-8-6-5-7-15(16)20(27-28)22(30)26-25-21(29)19-11-17-14(4)9-13(3)10-18(17)24-19/h5-12,24H,1-4H3,(H,25,29)(H,26,30). The maximum Gasteiger partial charge on any atom is 0.290 e. The van der Waals surface area contributed by atoms with Gasteiger partial charge in [-0.15, -0.1) is 0 Å². The summed E-state index contributed by atoms with van der Waals surface area (Å²) >= 11 is 0. The van der Waals surface area contributed by atoms with Crippen LogP contribution in [0.5, 0.6) is 0 Å². The molecule has 0 saturated heterocycles. The molecule has 2 amide bonds. The number of carbonyl (C=O) groups is 2. The number of nitrogens with zero attached hydrogens (tertiary/aromatic N) is 2. The summed E-state index contributed by atoms with van der Waals surface area (Å²) in [4.78, 5) is 41.1. The van der Waals surface area contributed by atoms with E-state index in [2.05, 4.69) is 20.9 Å². The van der Waals surface area contributed by atoms with Crippen LogP contribution in [-0.4, -0.2) is 26.6 Å². The van der Waals surface area contributed by atoms with Crippen molar-refractivity contribution in [1.82, 2.24) is 25.6 Å². The molecule has 8 heteroatoms. The molecule has 0 unspecified atom stereocenters. The van der Waals surface area contributed by atoms with Gasteiger partial charge in [0.1, 0.15) is 5.69 Å². The predicted molar refractivity (Wildman–Crippen MR) is 119 cm³/mol. The molecular weight excluding hydrogens is 394 g/mol. The van der Waals surface area contributed by atoms with Crippen LogP contribution in [0.2, 0.25) is 0 Å². The Kier molecular flexibility index (Phi) is 5.06. The molecule has 2 aromatic heterocycles. The summed E-state index contributed by atoms with van der Waals surface area (Å²) in [6, 6.07) is 12.3. The SMILES string of the molecule is Cc1cc(C)c2cc(C(=O)NNC(=O)c3nn(C(C)C)c(=O)c4ccccc34)[nH]c2c1. The number of hydrazine groups is 1. The molecule has 0 radical (unpaired) electrons. The first-order chi connectivity index (χ1) is 14.8. The third-order valence-electron chi connectivity index (χ3n) is 5.16. The van der Waals surface area contributed by atoms with Gasteiger partial charge in [-0.2, -0.15) is 5.10 Å². The Morgan fingerprint density at radius 1 is 0.968 bits per heavy atom. The second-order valence-electron chi connectivity index (χ2n) is 7.87. The number of rotatable bonds is 3. The first kappa shape index (κ1) is 20.3. The van der Waals surface area contributed by atoms with Gasteiger partial charge < -0.3 is 4.98 Å². The highest BCUT2D eigenvalue weighted by Gasteiger charge is 2.19. The highest BCUT2D eigenvalue weighted by molar-refractivity contribution is 6.06. The summed E-state index contributed by atoms with van der Waals surface area (Å²) in [6.07, 6.45) is 0. The van der Waals surface area contributed by atoms with Crippen LogP contribution >= 0.6 is 0 Å². The molecule has 0 fully saturated rings. The average Bonchev–Trinajstić information content (AvgIpc) is 3.16. The number of hydrogen-bond acceptors (Lipinski definition) is 4. The molecule has 0 aliphatic rings. The highest BCUT2D eigenvalue weighted by Crippen LogP contribution is 2.21. The Hall–Kier alpha value is -3.94. The van der Waals surface area contributed by atoms with Crippen molar-refractivity contribution in [3.05, 3.63) is 75.3 Å². The van der Waals surface area contributed by atoms with E-state index in [1.54, 1.807) is 30.3 Å².